The predicted molar refractivity (Wildman–Crippen MR) is 125 cm³/mol. The summed E-state index contributed by atoms with van der Waals surface area (Å²) in [6.07, 6.45) is 25.7. The molecule has 1 heterocycles. The number of carbonyl (C=O) groups excluding carboxylic acids is 1. The zero-order chi connectivity index (χ0) is 21.8. The van der Waals surface area contributed by atoms with E-state index in [1.54, 1.807) is 0 Å². The SMILES string of the molecule is C/C=C/CCCCC[C@@H]1CC=C[C@H](CC=O)[C@H]1C[C@@H]1OC(C)(C)O[C@H]1CC/C=C/C. The molecule has 0 amide bonds. The van der Waals surface area contributed by atoms with Crippen LogP contribution in [0.5, 0.6) is 0 Å². The minimum Gasteiger partial charge on any atom is -0.345 e. The molecular formula is C27H44O3. The first kappa shape index (κ1) is 25.1. The topological polar surface area (TPSA) is 35.5 Å². The van der Waals surface area contributed by atoms with E-state index in [1.165, 1.54) is 32.1 Å². The molecule has 170 valence electrons. The summed E-state index contributed by atoms with van der Waals surface area (Å²) in [4.78, 5) is 11.4. The molecule has 0 aromatic carbocycles. The van der Waals surface area contributed by atoms with Crippen molar-refractivity contribution in [2.75, 3.05) is 0 Å². The van der Waals surface area contributed by atoms with E-state index in [1.807, 2.05) is 13.8 Å². The van der Waals surface area contributed by atoms with Gasteiger partial charge >= 0.3 is 0 Å². The van der Waals surface area contributed by atoms with Gasteiger partial charge in [0.2, 0.25) is 0 Å². The molecule has 0 N–H and O–H groups in total. The van der Waals surface area contributed by atoms with Crippen LogP contribution in [0.2, 0.25) is 0 Å². The molecule has 1 saturated heterocycles. The molecule has 1 aliphatic carbocycles. The molecule has 0 aromatic rings. The van der Waals surface area contributed by atoms with E-state index in [0.717, 1.165) is 32.0 Å². The minimum absolute atomic E-state index is 0.119. The molecule has 1 aliphatic heterocycles. The number of hydrogen-bond acceptors (Lipinski definition) is 3. The van der Waals surface area contributed by atoms with Crippen LogP contribution < -0.4 is 0 Å². The summed E-state index contributed by atoms with van der Waals surface area (Å²) >= 11 is 0. The number of unbranched alkanes of at least 4 members (excludes halogenated alkanes) is 3. The fourth-order valence-corrected chi connectivity index (χ4v) is 5.22. The fraction of sp³-hybridized carbons (Fsp3) is 0.741. The lowest BCUT2D eigenvalue weighted by Gasteiger charge is -2.36. The molecule has 3 heteroatoms. The Morgan fingerprint density at radius 1 is 0.967 bits per heavy atom. The molecule has 30 heavy (non-hydrogen) atoms. The Hall–Kier alpha value is -1.19. The maximum atomic E-state index is 11.4. The first-order chi connectivity index (χ1) is 14.5. The Kier molecular flexibility index (Phi) is 11.1. The van der Waals surface area contributed by atoms with Crippen molar-refractivity contribution in [3.8, 4) is 0 Å². The minimum atomic E-state index is -0.516. The quantitative estimate of drug-likeness (QED) is 0.181. The maximum Gasteiger partial charge on any atom is 0.163 e. The Balaban J connectivity index is 2.01. The van der Waals surface area contributed by atoms with Crippen LogP contribution in [-0.2, 0) is 14.3 Å². The molecule has 0 saturated carbocycles. The van der Waals surface area contributed by atoms with E-state index in [4.69, 9.17) is 9.47 Å². The number of ether oxygens (including phenoxy) is 2. The van der Waals surface area contributed by atoms with E-state index < -0.39 is 5.79 Å². The van der Waals surface area contributed by atoms with E-state index >= 15 is 0 Å². The zero-order valence-corrected chi connectivity index (χ0v) is 19.7. The van der Waals surface area contributed by atoms with E-state index in [9.17, 15) is 4.79 Å². The number of allylic oxidation sites excluding steroid dienone is 6. The monoisotopic (exact) mass is 416 g/mol. The summed E-state index contributed by atoms with van der Waals surface area (Å²) in [5.41, 5.74) is 0. The van der Waals surface area contributed by atoms with Crippen LogP contribution in [0.1, 0.15) is 91.9 Å². The van der Waals surface area contributed by atoms with Crippen molar-refractivity contribution in [3.63, 3.8) is 0 Å². The van der Waals surface area contributed by atoms with E-state index in [-0.39, 0.29) is 12.2 Å². The second-order valence-corrected chi connectivity index (χ2v) is 9.46. The van der Waals surface area contributed by atoms with Gasteiger partial charge in [0.05, 0.1) is 12.2 Å². The van der Waals surface area contributed by atoms with Gasteiger partial charge in [-0.3, -0.25) is 0 Å². The third kappa shape index (κ3) is 8.15. The second kappa shape index (κ2) is 13.3. The lowest BCUT2D eigenvalue weighted by molar-refractivity contribution is -0.148. The molecule has 0 radical (unpaired) electrons. The summed E-state index contributed by atoms with van der Waals surface area (Å²) in [6.45, 7) is 8.21. The third-order valence-corrected chi connectivity index (χ3v) is 6.67. The molecule has 1 fully saturated rings. The number of hydrogen-bond donors (Lipinski definition) is 0. The van der Waals surface area contributed by atoms with Crippen LogP contribution in [0, 0.1) is 17.8 Å². The smallest absolute Gasteiger partial charge is 0.163 e. The Labute approximate surface area is 185 Å². The summed E-state index contributed by atoms with van der Waals surface area (Å²) in [5, 5.41) is 0. The first-order valence-corrected chi connectivity index (χ1v) is 12.2. The highest BCUT2D eigenvalue weighted by Gasteiger charge is 2.43. The lowest BCUT2D eigenvalue weighted by Crippen LogP contribution is -2.33. The molecule has 2 rings (SSSR count). The molecule has 0 unspecified atom stereocenters. The molecule has 0 spiro atoms. The van der Waals surface area contributed by atoms with Gasteiger partial charge < -0.3 is 14.3 Å². The zero-order valence-electron chi connectivity index (χ0n) is 19.7. The lowest BCUT2D eigenvalue weighted by atomic mass is 9.70. The van der Waals surface area contributed by atoms with Crippen LogP contribution in [0.25, 0.3) is 0 Å². The largest absolute Gasteiger partial charge is 0.345 e. The van der Waals surface area contributed by atoms with E-state index in [2.05, 4.69) is 50.3 Å². The van der Waals surface area contributed by atoms with Gasteiger partial charge in [-0.1, -0.05) is 49.3 Å². The van der Waals surface area contributed by atoms with Gasteiger partial charge in [-0.25, -0.2) is 0 Å². The standard InChI is InChI=1S/C27H44O3/c1-5-7-9-10-11-13-15-22-16-14-17-23(19-20-28)24(22)21-26-25(18-12-8-6-2)29-27(3,4)30-26/h5-8,14,17,20,22-26H,9-13,15-16,18-19,21H2,1-4H3/b7-5+,8-6+/t22-,23-,24+,25+,26+/m1/s1. The van der Waals surface area contributed by atoms with Crippen molar-refractivity contribution in [2.24, 2.45) is 17.8 Å². The third-order valence-electron chi connectivity index (χ3n) is 6.67. The number of carbonyl (C=O) groups is 1. The van der Waals surface area contributed by atoms with Crippen molar-refractivity contribution in [1.82, 2.24) is 0 Å². The van der Waals surface area contributed by atoms with Crippen molar-refractivity contribution in [2.45, 2.75) is 110 Å². The Morgan fingerprint density at radius 3 is 2.43 bits per heavy atom. The second-order valence-electron chi connectivity index (χ2n) is 9.46. The molecule has 3 nitrogen and oxygen atoms in total. The summed E-state index contributed by atoms with van der Waals surface area (Å²) in [7, 11) is 0. The maximum absolute atomic E-state index is 11.4. The van der Waals surface area contributed by atoms with Crippen molar-refractivity contribution >= 4 is 6.29 Å². The van der Waals surface area contributed by atoms with Crippen LogP contribution >= 0.6 is 0 Å². The molecule has 0 aromatic heterocycles. The predicted octanol–water partition coefficient (Wildman–Crippen LogP) is 7.18. The van der Waals surface area contributed by atoms with Crippen LogP contribution in [0.3, 0.4) is 0 Å². The molecule has 5 atom stereocenters. The highest BCUT2D eigenvalue weighted by molar-refractivity contribution is 5.50. The Morgan fingerprint density at radius 2 is 1.70 bits per heavy atom. The van der Waals surface area contributed by atoms with Crippen LogP contribution in [0.15, 0.2) is 36.5 Å². The highest BCUT2D eigenvalue weighted by atomic mass is 16.7. The number of aldehydes is 1. The molecular weight excluding hydrogens is 372 g/mol. The average Bonchev–Trinajstić information content (AvgIpc) is 3.00. The summed E-state index contributed by atoms with van der Waals surface area (Å²) in [5.74, 6) is 0.971. The van der Waals surface area contributed by atoms with Crippen molar-refractivity contribution in [3.05, 3.63) is 36.5 Å². The normalized spacial score (nSPS) is 31.1. The average molecular weight is 417 g/mol. The van der Waals surface area contributed by atoms with Crippen molar-refractivity contribution < 1.29 is 14.3 Å². The van der Waals surface area contributed by atoms with Gasteiger partial charge in [0.25, 0.3) is 0 Å². The van der Waals surface area contributed by atoms with Gasteiger partial charge in [-0.05, 0) is 90.4 Å². The van der Waals surface area contributed by atoms with Crippen molar-refractivity contribution in [1.29, 1.82) is 0 Å². The van der Waals surface area contributed by atoms with Gasteiger partial charge in [-0.15, -0.1) is 0 Å². The Bertz CT molecular complexity index is 575. The van der Waals surface area contributed by atoms with Gasteiger partial charge in [0.15, 0.2) is 5.79 Å². The van der Waals surface area contributed by atoms with Gasteiger partial charge in [-0.2, -0.15) is 0 Å². The first-order valence-electron chi connectivity index (χ1n) is 12.2. The summed E-state index contributed by atoms with van der Waals surface area (Å²) in [6, 6.07) is 0. The van der Waals surface area contributed by atoms with Crippen LogP contribution in [0.4, 0.5) is 0 Å². The highest BCUT2D eigenvalue weighted by Crippen LogP contribution is 2.42. The van der Waals surface area contributed by atoms with E-state index in [0.29, 0.717) is 24.2 Å². The van der Waals surface area contributed by atoms with Crippen LogP contribution in [-0.4, -0.2) is 24.3 Å². The summed E-state index contributed by atoms with van der Waals surface area (Å²) < 4.78 is 12.6. The molecule has 2 aliphatic rings. The van der Waals surface area contributed by atoms with Gasteiger partial charge in [0.1, 0.15) is 6.29 Å². The molecule has 0 bridgehead atoms. The fourth-order valence-electron chi connectivity index (χ4n) is 5.22. The van der Waals surface area contributed by atoms with Gasteiger partial charge in [0, 0.05) is 6.42 Å². The number of rotatable bonds is 13.